The maximum Gasteiger partial charge on any atom is 0.264 e. The predicted molar refractivity (Wildman–Crippen MR) is 94.3 cm³/mol. The number of nitrogens with zero attached hydrogens (tertiary/aromatic N) is 4. The maximum atomic E-state index is 13.2. The lowest BCUT2D eigenvalue weighted by atomic mass is 9.84. The first kappa shape index (κ1) is 17.2. The lowest BCUT2D eigenvalue weighted by Crippen LogP contribution is -2.56. The highest BCUT2D eigenvalue weighted by Crippen LogP contribution is 2.42. The van der Waals surface area contributed by atoms with Gasteiger partial charge in [-0.05, 0) is 49.9 Å². The van der Waals surface area contributed by atoms with Gasteiger partial charge in [0.1, 0.15) is 5.82 Å². The van der Waals surface area contributed by atoms with Crippen molar-refractivity contribution in [2.24, 2.45) is 7.05 Å². The number of hydroxylamine groups is 2. The van der Waals surface area contributed by atoms with Crippen LogP contribution < -0.4 is 0 Å². The highest BCUT2D eigenvalue weighted by atomic mass is 35.5. The third-order valence-electron chi connectivity index (χ3n) is 5.15. The Labute approximate surface area is 155 Å². The summed E-state index contributed by atoms with van der Waals surface area (Å²) in [5.74, 6) is -0.826. The van der Waals surface area contributed by atoms with E-state index in [-0.39, 0.29) is 5.78 Å². The van der Waals surface area contributed by atoms with Gasteiger partial charge in [0.2, 0.25) is 0 Å². The fraction of sp³-hybridized carbons (Fsp3) is 0.444. The normalized spacial score (nSPS) is 22.4. The van der Waals surface area contributed by atoms with Crippen molar-refractivity contribution in [2.45, 2.75) is 37.2 Å². The van der Waals surface area contributed by atoms with Crippen LogP contribution in [0.1, 0.15) is 37.4 Å². The Kier molecular flexibility index (Phi) is 4.08. The minimum atomic E-state index is -0.995. The molecule has 1 aliphatic carbocycles. The summed E-state index contributed by atoms with van der Waals surface area (Å²) in [4.78, 5) is 36.1. The standard InChI is InChI=1S/C18H19ClN4O3/c1-22-16(20-15(21-22)11-5-7-12(19)8-6-11)13-14(24)18(9-3-4-10-18)26-23(2)17(13)25/h5-8,13H,3-4,9-10H2,1-2H3. The summed E-state index contributed by atoms with van der Waals surface area (Å²) < 4.78 is 1.51. The van der Waals surface area contributed by atoms with Crippen LogP contribution in [-0.4, -0.2) is 44.2 Å². The van der Waals surface area contributed by atoms with E-state index >= 15 is 0 Å². The lowest BCUT2D eigenvalue weighted by Gasteiger charge is -2.39. The van der Waals surface area contributed by atoms with Gasteiger partial charge < -0.3 is 0 Å². The van der Waals surface area contributed by atoms with Gasteiger partial charge >= 0.3 is 0 Å². The number of aromatic nitrogens is 3. The van der Waals surface area contributed by atoms with Gasteiger partial charge in [0.15, 0.2) is 23.1 Å². The molecule has 8 heteroatoms. The molecule has 1 aromatic heterocycles. The number of likely N-dealkylation sites (N-methyl/N-ethyl adjacent to an activating group) is 1. The number of ketones is 1. The van der Waals surface area contributed by atoms with E-state index in [0.29, 0.717) is 29.5 Å². The smallest absolute Gasteiger partial charge is 0.264 e. The van der Waals surface area contributed by atoms with Crippen molar-refractivity contribution in [2.75, 3.05) is 7.05 Å². The van der Waals surface area contributed by atoms with Gasteiger partial charge in [-0.15, -0.1) is 0 Å². The molecule has 1 atom stereocenters. The van der Waals surface area contributed by atoms with Crippen LogP contribution in [0.25, 0.3) is 11.4 Å². The minimum Gasteiger partial charge on any atom is -0.295 e. The Bertz CT molecular complexity index is 871. The van der Waals surface area contributed by atoms with Gasteiger partial charge in [0.05, 0.1) is 0 Å². The second kappa shape index (κ2) is 6.17. The number of Topliss-reactive ketones (excluding diaryl/α,β-unsaturated/α-hetero) is 1. The molecule has 7 nitrogen and oxygen atoms in total. The molecule has 26 heavy (non-hydrogen) atoms. The van der Waals surface area contributed by atoms with E-state index in [1.54, 1.807) is 38.4 Å². The van der Waals surface area contributed by atoms with E-state index in [1.807, 2.05) is 0 Å². The highest BCUT2D eigenvalue weighted by Gasteiger charge is 2.55. The summed E-state index contributed by atoms with van der Waals surface area (Å²) in [7, 11) is 3.25. The number of carbonyl (C=O) groups is 2. The highest BCUT2D eigenvalue weighted by molar-refractivity contribution is 6.30. The number of benzene rings is 1. The largest absolute Gasteiger partial charge is 0.295 e. The number of rotatable bonds is 2. The van der Waals surface area contributed by atoms with E-state index in [9.17, 15) is 9.59 Å². The zero-order valence-electron chi connectivity index (χ0n) is 14.6. The molecule has 1 amide bonds. The van der Waals surface area contributed by atoms with Gasteiger partial charge in [0, 0.05) is 24.7 Å². The third kappa shape index (κ3) is 2.62. The summed E-state index contributed by atoms with van der Waals surface area (Å²) >= 11 is 5.93. The average molecular weight is 375 g/mol. The molecule has 0 bridgehead atoms. The van der Waals surface area contributed by atoms with E-state index < -0.39 is 17.4 Å². The van der Waals surface area contributed by atoms with Crippen molar-refractivity contribution in [1.82, 2.24) is 19.8 Å². The number of halogens is 1. The number of hydrogen-bond donors (Lipinski definition) is 0. The molecule has 1 saturated carbocycles. The van der Waals surface area contributed by atoms with Crippen LogP contribution in [0.4, 0.5) is 0 Å². The minimum absolute atomic E-state index is 0.212. The molecule has 2 fully saturated rings. The van der Waals surface area contributed by atoms with Crippen molar-refractivity contribution in [3.05, 3.63) is 35.1 Å². The fourth-order valence-electron chi connectivity index (χ4n) is 3.79. The molecule has 0 radical (unpaired) electrons. The molecule has 136 valence electrons. The first-order valence-electron chi connectivity index (χ1n) is 8.59. The molecule has 1 spiro atoms. The molecule has 1 saturated heterocycles. The number of amides is 1. The molecule has 0 N–H and O–H groups in total. The summed E-state index contributed by atoms with van der Waals surface area (Å²) in [6.45, 7) is 0. The molecule has 4 rings (SSSR count). The molecular formula is C18H19ClN4O3. The quantitative estimate of drug-likeness (QED) is 0.755. The second-order valence-corrected chi connectivity index (χ2v) is 7.29. The van der Waals surface area contributed by atoms with Gasteiger partial charge in [0.25, 0.3) is 5.91 Å². The molecule has 1 unspecified atom stereocenters. The van der Waals surface area contributed by atoms with Crippen LogP contribution in [0, 0.1) is 0 Å². The van der Waals surface area contributed by atoms with Gasteiger partial charge in [-0.3, -0.25) is 19.1 Å². The van der Waals surface area contributed by atoms with Crippen molar-refractivity contribution >= 4 is 23.3 Å². The van der Waals surface area contributed by atoms with Crippen LogP contribution in [0.2, 0.25) is 5.02 Å². The van der Waals surface area contributed by atoms with Crippen LogP contribution in [0.5, 0.6) is 0 Å². The Morgan fingerprint density at radius 2 is 1.81 bits per heavy atom. The summed E-state index contributed by atoms with van der Waals surface area (Å²) in [6.07, 6.45) is 3.08. The van der Waals surface area contributed by atoms with Crippen LogP contribution >= 0.6 is 11.6 Å². The number of aryl methyl sites for hydroxylation is 1. The van der Waals surface area contributed by atoms with Crippen molar-refractivity contribution in [1.29, 1.82) is 0 Å². The topological polar surface area (TPSA) is 77.3 Å². The number of hydrogen-bond acceptors (Lipinski definition) is 5. The average Bonchev–Trinajstić information content (AvgIpc) is 3.23. The van der Waals surface area contributed by atoms with Gasteiger partial charge in [-0.1, -0.05) is 11.6 Å². The summed E-state index contributed by atoms with van der Waals surface area (Å²) in [6, 6.07) is 7.11. The van der Waals surface area contributed by atoms with E-state index in [4.69, 9.17) is 16.4 Å². The molecule has 1 aromatic carbocycles. The molecule has 2 aromatic rings. The van der Waals surface area contributed by atoms with Crippen molar-refractivity contribution in [3.8, 4) is 11.4 Å². The van der Waals surface area contributed by atoms with Crippen LogP contribution in [0.15, 0.2) is 24.3 Å². The van der Waals surface area contributed by atoms with Gasteiger partial charge in [-0.2, -0.15) is 5.10 Å². The Hall–Kier alpha value is -2.25. The molecule has 1 aliphatic heterocycles. The van der Waals surface area contributed by atoms with E-state index in [1.165, 1.54) is 9.75 Å². The summed E-state index contributed by atoms with van der Waals surface area (Å²) in [5, 5.41) is 6.20. The Morgan fingerprint density at radius 1 is 1.15 bits per heavy atom. The monoisotopic (exact) mass is 374 g/mol. The van der Waals surface area contributed by atoms with Crippen LogP contribution in [-0.2, 0) is 21.5 Å². The fourth-order valence-corrected chi connectivity index (χ4v) is 3.92. The molecular weight excluding hydrogens is 356 g/mol. The molecule has 2 aliphatic rings. The Morgan fingerprint density at radius 3 is 2.46 bits per heavy atom. The Balaban J connectivity index is 1.74. The van der Waals surface area contributed by atoms with Gasteiger partial charge in [-0.25, -0.2) is 10.0 Å². The van der Waals surface area contributed by atoms with Crippen LogP contribution in [0.3, 0.4) is 0 Å². The van der Waals surface area contributed by atoms with E-state index in [2.05, 4.69) is 10.1 Å². The summed E-state index contributed by atoms with van der Waals surface area (Å²) in [5.41, 5.74) is -0.146. The van der Waals surface area contributed by atoms with E-state index in [0.717, 1.165) is 18.4 Å². The van der Waals surface area contributed by atoms with Crippen molar-refractivity contribution in [3.63, 3.8) is 0 Å². The first-order valence-corrected chi connectivity index (χ1v) is 8.97. The lowest BCUT2D eigenvalue weighted by molar-refractivity contribution is -0.240. The molecule has 2 heterocycles. The van der Waals surface area contributed by atoms with Crippen molar-refractivity contribution < 1.29 is 14.4 Å². The zero-order valence-corrected chi connectivity index (χ0v) is 15.4. The maximum absolute atomic E-state index is 13.2. The predicted octanol–water partition coefficient (Wildman–Crippen LogP) is 2.50. The second-order valence-electron chi connectivity index (χ2n) is 6.85. The number of carbonyl (C=O) groups excluding carboxylic acids is 2. The zero-order chi connectivity index (χ0) is 18.5. The SMILES string of the molecule is CN1OC2(CCCC2)C(=O)C(c2nc(-c3ccc(Cl)cc3)nn2C)C1=O. The third-order valence-corrected chi connectivity index (χ3v) is 5.40. The first-order chi connectivity index (χ1) is 12.4.